The Labute approximate surface area is 146 Å². The topological polar surface area (TPSA) is 102 Å². The zero-order valence-electron chi connectivity index (χ0n) is 13.9. The van der Waals surface area contributed by atoms with Gasteiger partial charge >= 0.3 is 0 Å². The molecule has 2 aromatic rings. The van der Waals surface area contributed by atoms with E-state index in [1.54, 1.807) is 18.2 Å². The van der Waals surface area contributed by atoms with Gasteiger partial charge in [0.05, 0.1) is 25.0 Å². The molecule has 0 saturated carbocycles. The van der Waals surface area contributed by atoms with Crippen molar-refractivity contribution in [2.24, 2.45) is 0 Å². The van der Waals surface area contributed by atoms with E-state index in [2.05, 4.69) is 5.32 Å². The SMILES string of the molecule is CCOc1ccc(CC(=O)Nc2ccc(S(=O)(=O)O)cc2)cc1OC. The molecule has 0 aliphatic carbocycles. The van der Waals surface area contributed by atoms with E-state index in [4.69, 9.17) is 14.0 Å². The highest BCUT2D eigenvalue weighted by atomic mass is 32.2. The van der Waals surface area contributed by atoms with Gasteiger partial charge in [-0.15, -0.1) is 0 Å². The first-order valence-corrected chi connectivity index (χ1v) is 8.94. The quantitative estimate of drug-likeness (QED) is 0.731. The molecule has 0 aliphatic heterocycles. The highest BCUT2D eigenvalue weighted by molar-refractivity contribution is 7.85. The molecule has 25 heavy (non-hydrogen) atoms. The van der Waals surface area contributed by atoms with Gasteiger partial charge in [0.15, 0.2) is 11.5 Å². The van der Waals surface area contributed by atoms with Gasteiger partial charge in [-0.25, -0.2) is 0 Å². The molecule has 2 aromatic carbocycles. The predicted octanol–water partition coefficient (Wildman–Crippen LogP) is 2.52. The second kappa shape index (κ2) is 8.00. The van der Waals surface area contributed by atoms with Crippen LogP contribution in [0.4, 0.5) is 5.69 Å². The van der Waals surface area contributed by atoms with Crippen molar-refractivity contribution in [2.75, 3.05) is 19.0 Å². The van der Waals surface area contributed by atoms with Crippen molar-refractivity contribution in [3.63, 3.8) is 0 Å². The Morgan fingerprint density at radius 3 is 2.36 bits per heavy atom. The van der Waals surface area contributed by atoms with Crippen LogP contribution in [0.5, 0.6) is 11.5 Å². The molecule has 8 heteroatoms. The van der Waals surface area contributed by atoms with Gasteiger partial charge in [-0.1, -0.05) is 6.07 Å². The standard InChI is InChI=1S/C17H19NO6S/c1-3-24-15-9-4-12(10-16(15)23-2)11-17(19)18-13-5-7-14(8-6-13)25(20,21)22/h4-10H,3,11H2,1-2H3,(H,18,19)(H,20,21,22). The molecule has 0 aliphatic rings. The number of nitrogens with one attached hydrogen (secondary N) is 1. The van der Waals surface area contributed by atoms with E-state index in [9.17, 15) is 13.2 Å². The molecule has 7 nitrogen and oxygen atoms in total. The molecule has 0 aromatic heterocycles. The van der Waals surface area contributed by atoms with Crippen molar-refractivity contribution in [3.8, 4) is 11.5 Å². The van der Waals surface area contributed by atoms with E-state index >= 15 is 0 Å². The zero-order chi connectivity index (χ0) is 18.4. The van der Waals surface area contributed by atoms with Crippen molar-refractivity contribution >= 4 is 21.7 Å². The van der Waals surface area contributed by atoms with Crippen LogP contribution in [0.3, 0.4) is 0 Å². The van der Waals surface area contributed by atoms with Crippen molar-refractivity contribution < 1.29 is 27.2 Å². The molecule has 1 amide bonds. The molecule has 0 heterocycles. The molecule has 0 radical (unpaired) electrons. The maximum atomic E-state index is 12.1. The molecule has 0 fully saturated rings. The van der Waals surface area contributed by atoms with Crippen LogP contribution < -0.4 is 14.8 Å². The second-order valence-corrected chi connectivity index (χ2v) is 6.56. The summed E-state index contributed by atoms with van der Waals surface area (Å²) >= 11 is 0. The van der Waals surface area contributed by atoms with E-state index in [0.29, 0.717) is 23.8 Å². The van der Waals surface area contributed by atoms with Crippen LogP contribution in [0, 0.1) is 0 Å². The summed E-state index contributed by atoms with van der Waals surface area (Å²) < 4.78 is 41.6. The normalized spacial score (nSPS) is 11.0. The first-order valence-electron chi connectivity index (χ1n) is 7.50. The van der Waals surface area contributed by atoms with Crippen molar-refractivity contribution in [2.45, 2.75) is 18.2 Å². The molecule has 0 spiro atoms. The third-order valence-corrected chi connectivity index (χ3v) is 4.20. The lowest BCUT2D eigenvalue weighted by Crippen LogP contribution is -2.14. The number of ether oxygens (including phenoxy) is 2. The average molecular weight is 365 g/mol. The van der Waals surface area contributed by atoms with E-state index < -0.39 is 10.1 Å². The molecule has 2 rings (SSSR count). The first-order chi connectivity index (χ1) is 11.8. The Hall–Kier alpha value is -2.58. The minimum absolute atomic E-state index is 0.114. The van der Waals surface area contributed by atoms with Crippen LogP contribution in [0.2, 0.25) is 0 Å². The fourth-order valence-corrected chi connectivity index (χ4v) is 2.68. The number of rotatable bonds is 7. The molecular formula is C17H19NO6S. The number of carbonyl (C=O) groups is 1. The predicted molar refractivity (Wildman–Crippen MR) is 92.8 cm³/mol. The maximum Gasteiger partial charge on any atom is 0.294 e. The highest BCUT2D eigenvalue weighted by Gasteiger charge is 2.11. The number of carbonyl (C=O) groups excluding carboxylic acids is 1. The maximum absolute atomic E-state index is 12.1. The monoisotopic (exact) mass is 365 g/mol. The average Bonchev–Trinajstić information content (AvgIpc) is 2.56. The summed E-state index contributed by atoms with van der Waals surface area (Å²) in [5, 5.41) is 2.66. The van der Waals surface area contributed by atoms with Crippen molar-refractivity contribution in [1.29, 1.82) is 0 Å². The minimum Gasteiger partial charge on any atom is -0.493 e. The van der Waals surface area contributed by atoms with Gasteiger partial charge in [-0.2, -0.15) is 8.42 Å². The summed E-state index contributed by atoms with van der Waals surface area (Å²) in [6, 6.07) is 10.5. The summed E-state index contributed by atoms with van der Waals surface area (Å²) in [4.78, 5) is 11.9. The van der Waals surface area contributed by atoms with Gasteiger partial charge in [-0.3, -0.25) is 9.35 Å². The minimum atomic E-state index is -4.25. The van der Waals surface area contributed by atoms with E-state index in [1.165, 1.54) is 31.4 Å². The molecule has 0 saturated heterocycles. The highest BCUT2D eigenvalue weighted by Crippen LogP contribution is 2.28. The number of hydrogen-bond acceptors (Lipinski definition) is 5. The number of hydrogen-bond donors (Lipinski definition) is 2. The zero-order valence-corrected chi connectivity index (χ0v) is 14.7. The summed E-state index contributed by atoms with van der Waals surface area (Å²) in [7, 11) is -2.73. The molecule has 0 unspecified atom stereocenters. The number of amides is 1. The van der Waals surface area contributed by atoms with Crippen molar-refractivity contribution in [1.82, 2.24) is 0 Å². The van der Waals surface area contributed by atoms with Crippen LogP contribution >= 0.6 is 0 Å². The molecule has 0 bridgehead atoms. The van der Waals surface area contributed by atoms with Gasteiger partial charge in [-0.05, 0) is 48.9 Å². The lowest BCUT2D eigenvalue weighted by Gasteiger charge is -2.11. The van der Waals surface area contributed by atoms with Crippen LogP contribution in [-0.2, 0) is 21.3 Å². The van der Waals surface area contributed by atoms with Crippen LogP contribution in [-0.4, -0.2) is 32.6 Å². The lowest BCUT2D eigenvalue weighted by atomic mass is 10.1. The Bertz CT molecular complexity index is 846. The molecule has 0 atom stereocenters. The van der Waals surface area contributed by atoms with Gasteiger partial charge < -0.3 is 14.8 Å². The van der Waals surface area contributed by atoms with Crippen LogP contribution in [0.15, 0.2) is 47.4 Å². The third kappa shape index (κ3) is 5.20. The largest absolute Gasteiger partial charge is 0.493 e. The summed E-state index contributed by atoms with van der Waals surface area (Å²) in [5.41, 5.74) is 1.17. The van der Waals surface area contributed by atoms with Gasteiger partial charge in [0.2, 0.25) is 5.91 Å². The number of benzene rings is 2. The van der Waals surface area contributed by atoms with Crippen molar-refractivity contribution in [3.05, 3.63) is 48.0 Å². The molecule has 134 valence electrons. The Kier molecular flexibility index (Phi) is 6.00. The Balaban J connectivity index is 2.05. The van der Waals surface area contributed by atoms with E-state index in [-0.39, 0.29) is 17.2 Å². The van der Waals surface area contributed by atoms with Crippen LogP contribution in [0.25, 0.3) is 0 Å². The van der Waals surface area contributed by atoms with Gasteiger partial charge in [0, 0.05) is 5.69 Å². The molecule has 2 N–H and O–H groups in total. The van der Waals surface area contributed by atoms with E-state index in [1.807, 2.05) is 6.92 Å². The lowest BCUT2D eigenvalue weighted by molar-refractivity contribution is -0.115. The summed E-state index contributed by atoms with van der Waals surface area (Å²) in [6.45, 7) is 2.38. The van der Waals surface area contributed by atoms with Gasteiger partial charge in [0.25, 0.3) is 10.1 Å². The number of anilines is 1. The molecular weight excluding hydrogens is 346 g/mol. The van der Waals surface area contributed by atoms with Crippen LogP contribution in [0.1, 0.15) is 12.5 Å². The first kappa shape index (κ1) is 18.8. The Morgan fingerprint density at radius 1 is 1.12 bits per heavy atom. The summed E-state index contributed by atoms with van der Waals surface area (Å²) in [5.74, 6) is 0.880. The third-order valence-electron chi connectivity index (χ3n) is 3.33. The second-order valence-electron chi connectivity index (χ2n) is 5.14. The Morgan fingerprint density at radius 2 is 1.80 bits per heavy atom. The van der Waals surface area contributed by atoms with Gasteiger partial charge in [0.1, 0.15) is 0 Å². The fraction of sp³-hybridized carbons (Fsp3) is 0.235. The number of methoxy groups -OCH3 is 1. The fourth-order valence-electron chi connectivity index (χ4n) is 2.20. The van der Waals surface area contributed by atoms with E-state index in [0.717, 1.165) is 5.56 Å². The smallest absolute Gasteiger partial charge is 0.294 e. The summed E-state index contributed by atoms with van der Waals surface area (Å²) in [6.07, 6.45) is 0.114.